The summed E-state index contributed by atoms with van der Waals surface area (Å²) < 4.78 is 0. The Hall–Kier alpha value is -8.08. The van der Waals surface area contributed by atoms with E-state index >= 15 is 0 Å². The maximum absolute atomic E-state index is 12.2. The number of hydrogen-bond donors (Lipinski definition) is 1. The smallest absolute Gasteiger partial charge is 0.256 e. The predicted octanol–water partition coefficient (Wildman–Crippen LogP) is 15.2. The molecule has 2 aliphatic rings. The average molecular weight is 810 g/mol. The van der Waals surface area contributed by atoms with Crippen LogP contribution in [-0.4, -0.2) is 11.7 Å². The third-order valence-electron chi connectivity index (χ3n) is 12.9. The molecule has 0 unspecified atom stereocenters. The zero-order valence-electron chi connectivity index (χ0n) is 35.1. The highest BCUT2D eigenvalue weighted by Crippen LogP contribution is 2.52. The fourth-order valence-corrected chi connectivity index (χ4v) is 9.44. The monoisotopic (exact) mass is 809 g/mol. The number of fused-ring (bicyclic) bond motifs is 4. The Kier molecular flexibility index (Phi) is 9.10. The first-order valence-corrected chi connectivity index (χ1v) is 21.4. The molecule has 0 atom stereocenters. The van der Waals surface area contributed by atoms with Crippen LogP contribution in [0.1, 0.15) is 25.0 Å². The Morgan fingerprint density at radius 1 is 0.413 bits per heavy atom. The number of benzene rings is 9. The highest BCUT2D eigenvalue weighted by Gasteiger charge is 2.36. The zero-order chi connectivity index (χ0) is 42.7. The van der Waals surface area contributed by atoms with Crippen LogP contribution < -0.4 is 9.80 Å². The van der Waals surface area contributed by atoms with E-state index < -0.39 is 0 Å². The van der Waals surface area contributed by atoms with Gasteiger partial charge in [-0.15, -0.1) is 0 Å². The van der Waals surface area contributed by atoms with Crippen molar-refractivity contribution < 1.29 is 4.79 Å². The van der Waals surface area contributed by atoms with Crippen molar-refractivity contribution in [2.24, 2.45) is 0 Å². The Bertz CT molecular complexity index is 3240. The normalized spacial score (nSPS) is 13.7. The fraction of sp³-hybridized carbons (Fsp3) is 0.0508. The number of nitrogens with zero attached hydrogens (tertiary/aromatic N) is 2. The lowest BCUT2D eigenvalue weighted by Gasteiger charge is -2.28. The third-order valence-corrected chi connectivity index (χ3v) is 12.9. The molecule has 0 spiro atoms. The largest absolute Gasteiger partial charge is 0.310 e. The van der Waals surface area contributed by atoms with Crippen LogP contribution in [0.4, 0.5) is 22.7 Å². The van der Waals surface area contributed by atoms with E-state index in [0.717, 1.165) is 39.3 Å². The van der Waals surface area contributed by atoms with Crippen LogP contribution in [0.3, 0.4) is 0 Å². The predicted molar refractivity (Wildman–Crippen MR) is 262 cm³/mol. The molecule has 1 aliphatic carbocycles. The van der Waals surface area contributed by atoms with Gasteiger partial charge >= 0.3 is 0 Å². The van der Waals surface area contributed by atoms with Crippen LogP contribution in [0.25, 0.3) is 66.4 Å². The molecule has 1 heterocycles. The molecule has 0 saturated heterocycles. The summed E-state index contributed by atoms with van der Waals surface area (Å²) in [5.74, 6) is -0.0114. The van der Waals surface area contributed by atoms with E-state index in [2.05, 4.69) is 201 Å². The molecule has 9 aromatic carbocycles. The van der Waals surface area contributed by atoms with Crippen molar-refractivity contribution in [3.63, 3.8) is 0 Å². The van der Waals surface area contributed by atoms with Crippen molar-refractivity contribution in [3.05, 3.63) is 230 Å². The molecule has 4 heteroatoms. The number of carbonyl (C=O) groups excluding carboxylic acids is 1. The van der Waals surface area contributed by atoms with Crippen molar-refractivity contribution in [2.75, 3.05) is 9.80 Å². The van der Waals surface area contributed by atoms with Crippen LogP contribution in [0.5, 0.6) is 0 Å². The highest BCUT2D eigenvalue weighted by molar-refractivity contribution is 6.29. The molecule has 1 N–H and O–H groups in total. The van der Waals surface area contributed by atoms with Gasteiger partial charge in [-0.05, 0) is 144 Å². The summed E-state index contributed by atoms with van der Waals surface area (Å²) in [5.41, 5.74) is 18.3. The number of amides is 1. The molecule has 0 saturated carbocycles. The first-order valence-electron chi connectivity index (χ1n) is 21.4. The number of nitrogens with one attached hydrogen (secondary N) is 1. The second-order valence-corrected chi connectivity index (χ2v) is 17.0. The first kappa shape index (κ1) is 37.9. The number of anilines is 4. The molecule has 1 amide bonds. The third kappa shape index (κ3) is 6.73. The van der Waals surface area contributed by atoms with Crippen molar-refractivity contribution in [1.82, 2.24) is 0 Å². The molecule has 0 fully saturated rings. The fourth-order valence-electron chi connectivity index (χ4n) is 9.44. The van der Waals surface area contributed by atoms with Crippen LogP contribution >= 0.6 is 0 Å². The van der Waals surface area contributed by atoms with Crippen LogP contribution in [0, 0.1) is 5.41 Å². The second kappa shape index (κ2) is 15.1. The van der Waals surface area contributed by atoms with Crippen molar-refractivity contribution in [1.29, 1.82) is 5.41 Å². The highest BCUT2D eigenvalue weighted by atomic mass is 16.2. The Labute approximate surface area is 368 Å². The quantitative estimate of drug-likeness (QED) is 0.166. The van der Waals surface area contributed by atoms with Crippen molar-refractivity contribution in [3.8, 4) is 55.6 Å². The summed E-state index contributed by atoms with van der Waals surface area (Å²) in [5, 5.41) is 10.6. The Balaban J connectivity index is 0.914. The van der Waals surface area contributed by atoms with E-state index in [-0.39, 0.29) is 17.2 Å². The number of hydrogen-bond acceptors (Lipinski definition) is 3. The summed E-state index contributed by atoms with van der Waals surface area (Å²) in [7, 11) is 0. The summed E-state index contributed by atoms with van der Waals surface area (Å²) in [6.07, 6.45) is 2.95. The minimum atomic E-state index is -0.205. The minimum absolute atomic E-state index is 0.182. The summed E-state index contributed by atoms with van der Waals surface area (Å²) >= 11 is 0. The standard InChI is InChI=1S/C59H43N3O/c1-59(2)55-37-48(47-17-16-40-10-6-7-11-46(40)36-47)24-32-53(55)54-33-31-52(38-56(54)59)61(49-25-18-43(19-26-49)39-8-4-3-5-9-39)50-27-20-44(21-28-50)41-12-14-42(15-13-41)45-22-29-51(30-23-45)62-57(60)34-35-58(62)63/h3-38,60H,1-2H3. The van der Waals surface area contributed by atoms with E-state index in [0.29, 0.717) is 5.69 Å². The van der Waals surface area contributed by atoms with Gasteiger partial charge in [-0.2, -0.15) is 0 Å². The zero-order valence-corrected chi connectivity index (χ0v) is 35.1. The summed E-state index contributed by atoms with van der Waals surface area (Å²) in [4.78, 5) is 16.0. The van der Waals surface area contributed by atoms with Gasteiger partial charge in [0.1, 0.15) is 5.84 Å². The molecule has 1 aliphatic heterocycles. The lowest BCUT2D eigenvalue weighted by molar-refractivity contribution is -0.113. The lowest BCUT2D eigenvalue weighted by atomic mass is 9.81. The van der Waals surface area contributed by atoms with Gasteiger partial charge in [-0.25, -0.2) is 0 Å². The number of amidine groups is 1. The molecule has 300 valence electrons. The second-order valence-electron chi connectivity index (χ2n) is 17.0. The van der Waals surface area contributed by atoms with Crippen molar-refractivity contribution >= 4 is 45.3 Å². The van der Waals surface area contributed by atoms with E-state index in [1.165, 1.54) is 72.3 Å². The van der Waals surface area contributed by atoms with Crippen LogP contribution in [-0.2, 0) is 10.2 Å². The van der Waals surface area contributed by atoms with Gasteiger partial charge in [-0.1, -0.05) is 159 Å². The molecule has 0 bridgehead atoms. The van der Waals surface area contributed by atoms with Crippen LogP contribution in [0.2, 0.25) is 0 Å². The average Bonchev–Trinajstić information content (AvgIpc) is 3.79. The maximum Gasteiger partial charge on any atom is 0.256 e. The van der Waals surface area contributed by atoms with Gasteiger partial charge < -0.3 is 4.90 Å². The molecule has 4 nitrogen and oxygen atoms in total. The number of rotatable bonds is 8. The number of carbonyl (C=O) groups is 1. The molecular formula is C59H43N3O. The van der Waals surface area contributed by atoms with E-state index in [1.807, 2.05) is 24.3 Å². The lowest BCUT2D eigenvalue weighted by Crippen LogP contribution is -2.28. The van der Waals surface area contributed by atoms with E-state index in [4.69, 9.17) is 5.41 Å². The SMILES string of the molecule is CC1(C)c2cc(-c3ccc4ccccc4c3)ccc2-c2ccc(N(c3ccc(-c4ccccc4)cc3)c3ccc(-c4ccc(-c5ccc(N6C(=N)C=CC6=O)cc5)cc4)cc3)cc21. The van der Waals surface area contributed by atoms with Gasteiger partial charge in [0.15, 0.2) is 0 Å². The van der Waals surface area contributed by atoms with Gasteiger partial charge in [0.05, 0.1) is 5.69 Å². The summed E-state index contributed by atoms with van der Waals surface area (Å²) in [6, 6.07) is 74.0. The van der Waals surface area contributed by atoms with Crippen molar-refractivity contribution in [2.45, 2.75) is 19.3 Å². The molecule has 63 heavy (non-hydrogen) atoms. The van der Waals surface area contributed by atoms with Gasteiger partial charge in [-0.3, -0.25) is 15.1 Å². The maximum atomic E-state index is 12.2. The Morgan fingerprint density at radius 2 is 0.857 bits per heavy atom. The molecule has 0 radical (unpaired) electrons. The Morgan fingerprint density at radius 3 is 1.44 bits per heavy atom. The van der Waals surface area contributed by atoms with E-state index in [9.17, 15) is 4.79 Å². The van der Waals surface area contributed by atoms with Gasteiger partial charge in [0.25, 0.3) is 5.91 Å². The van der Waals surface area contributed by atoms with E-state index in [1.54, 1.807) is 0 Å². The summed E-state index contributed by atoms with van der Waals surface area (Å²) in [6.45, 7) is 4.72. The molecule has 11 rings (SSSR count). The first-order chi connectivity index (χ1) is 30.8. The molecule has 9 aromatic rings. The van der Waals surface area contributed by atoms with Gasteiger partial charge in [0, 0.05) is 28.6 Å². The topological polar surface area (TPSA) is 47.4 Å². The van der Waals surface area contributed by atoms with Gasteiger partial charge in [0.2, 0.25) is 0 Å². The van der Waals surface area contributed by atoms with Crippen LogP contribution in [0.15, 0.2) is 218 Å². The minimum Gasteiger partial charge on any atom is -0.310 e. The molecule has 0 aromatic heterocycles. The molecular weight excluding hydrogens is 767 g/mol.